The molecule has 0 N–H and O–H groups in total. The summed E-state index contributed by atoms with van der Waals surface area (Å²) in [5.74, 6) is 0.415. The van der Waals surface area contributed by atoms with Gasteiger partial charge in [-0.05, 0) is 17.7 Å². The second-order valence-electron chi connectivity index (χ2n) is 2.82. The van der Waals surface area contributed by atoms with Crippen LogP contribution >= 0.6 is 0 Å². The van der Waals surface area contributed by atoms with Gasteiger partial charge in [-0.2, -0.15) is 15.5 Å². The molecule has 0 fully saturated rings. The van der Waals surface area contributed by atoms with Crippen LogP contribution in [-0.4, -0.2) is 13.2 Å². The Kier molecular flexibility index (Phi) is 3.80. The number of ether oxygens (including phenoxy) is 1. The van der Waals surface area contributed by atoms with Crippen molar-refractivity contribution in [2.45, 2.75) is 6.04 Å². The number of benzene rings is 1. The molecule has 0 radical (unpaired) electrons. The largest absolute Gasteiger partial charge is 0.495 e. The summed E-state index contributed by atoms with van der Waals surface area (Å²) < 4.78 is 4.95. The topological polar surface area (TPSA) is 86.2 Å². The van der Waals surface area contributed by atoms with Gasteiger partial charge in [0.2, 0.25) is 6.08 Å². The van der Waals surface area contributed by atoms with Crippen LogP contribution in [0, 0.1) is 22.7 Å². The van der Waals surface area contributed by atoms with Crippen LogP contribution in [0.5, 0.6) is 5.75 Å². The normalized spacial score (nSPS) is 10.4. The fourth-order valence-electron chi connectivity index (χ4n) is 1.21. The van der Waals surface area contributed by atoms with Crippen LogP contribution < -0.4 is 4.74 Å². The van der Waals surface area contributed by atoms with Gasteiger partial charge in [0.05, 0.1) is 18.7 Å². The summed E-state index contributed by atoms with van der Waals surface area (Å²) >= 11 is 0. The van der Waals surface area contributed by atoms with Crippen LogP contribution in [0.15, 0.2) is 23.2 Å². The van der Waals surface area contributed by atoms with Crippen LogP contribution in [0.1, 0.15) is 17.2 Å². The number of nitriles is 2. The molecule has 1 aromatic carbocycles. The molecule has 0 aliphatic heterocycles. The molecule has 16 heavy (non-hydrogen) atoms. The van der Waals surface area contributed by atoms with E-state index in [0.29, 0.717) is 16.9 Å². The molecular formula is C11H7N3O2. The Labute approximate surface area is 92.2 Å². The minimum atomic E-state index is -0.935. The highest BCUT2D eigenvalue weighted by atomic mass is 16.5. The fourth-order valence-corrected chi connectivity index (χ4v) is 1.21. The van der Waals surface area contributed by atoms with E-state index in [1.54, 1.807) is 12.1 Å². The van der Waals surface area contributed by atoms with Crippen molar-refractivity contribution in [3.8, 4) is 17.9 Å². The summed E-state index contributed by atoms with van der Waals surface area (Å²) in [6.45, 7) is 0. The summed E-state index contributed by atoms with van der Waals surface area (Å²) in [5.41, 5.74) is 0.754. The summed E-state index contributed by atoms with van der Waals surface area (Å²) in [4.78, 5) is 13.4. The Morgan fingerprint density at radius 1 is 1.44 bits per heavy atom. The van der Waals surface area contributed by atoms with Crippen molar-refractivity contribution < 1.29 is 9.53 Å². The molecule has 5 heteroatoms. The summed E-state index contributed by atoms with van der Waals surface area (Å²) in [5, 5.41) is 17.6. The van der Waals surface area contributed by atoms with Gasteiger partial charge in [0.25, 0.3) is 0 Å². The molecule has 0 aromatic heterocycles. The molecule has 0 aliphatic rings. The number of isocyanates is 1. The molecule has 0 amide bonds. The standard InChI is InChI=1S/C11H7N3O2/c1-16-11-3-2-8(4-9(11)5-12)10(6-13)14-7-15/h2-4,10H,1H3. The van der Waals surface area contributed by atoms with Gasteiger partial charge in [-0.25, -0.2) is 4.79 Å². The van der Waals surface area contributed by atoms with Crippen molar-refractivity contribution in [1.29, 1.82) is 10.5 Å². The third kappa shape index (κ3) is 2.24. The lowest BCUT2D eigenvalue weighted by molar-refractivity contribution is 0.413. The first-order chi connectivity index (χ1) is 7.76. The third-order valence-electron chi connectivity index (χ3n) is 1.96. The first-order valence-corrected chi connectivity index (χ1v) is 4.31. The van der Waals surface area contributed by atoms with E-state index in [9.17, 15) is 4.79 Å². The summed E-state index contributed by atoms with van der Waals surface area (Å²) in [6.07, 6.45) is 1.32. The van der Waals surface area contributed by atoms with Crippen molar-refractivity contribution in [3.63, 3.8) is 0 Å². The molecule has 0 aliphatic carbocycles. The highest BCUT2D eigenvalue weighted by Crippen LogP contribution is 2.23. The van der Waals surface area contributed by atoms with Gasteiger partial charge < -0.3 is 4.74 Å². The lowest BCUT2D eigenvalue weighted by Crippen LogP contribution is -1.95. The first kappa shape index (κ1) is 11.5. The zero-order chi connectivity index (χ0) is 12.0. The van der Waals surface area contributed by atoms with Gasteiger partial charge in [0.15, 0.2) is 6.04 Å². The van der Waals surface area contributed by atoms with E-state index in [1.165, 1.54) is 19.3 Å². The molecule has 1 rings (SSSR count). The highest BCUT2D eigenvalue weighted by Gasteiger charge is 2.11. The van der Waals surface area contributed by atoms with Crippen LogP contribution in [0.25, 0.3) is 0 Å². The van der Waals surface area contributed by atoms with Gasteiger partial charge >= 0.3 is 0 Å². The number of rotatable bonds is 3. The minimum absolute atomic E-state index is 0.293. The number of hydrogen-bond donors (Lipinski definition) is 0. The van der Waals surface area contributed by atoms with Crippen LogP contribution in [0.3, 0.4) is 0 Å². The molecule has 0 saturated carbocycles. The minimum Gasteiger partial charge on any atom is -0.495 e. The van der Waals surface area contributed by atoms with Crippen molar-refractivity contribution >= 4 is 6.08 Å². The van der Waals surface area contributed by atoms with Crippen molar-refractivity contribution in [1.82, 2.24) is 0 Å². The fraction of sp³-hybridized carbons (Fsp3) is 0.182. The van der Waals surface area contributed by atoms with Gasteiger partial charge in [-0.15, -0.1) is 0 Å². The highest BCUT2D eigenvalue weighted by molar-refractivity contribution is 5.48. The van der Waals surface area contributed by atoms with E-state index >= 15 is 0 Å². The van der Waals surface area contributed by atoms with E-state index in [2.05, 4.69) is 4.99 Å². The summed E-state index contributed by atoms with van der Waals surface area (Å²) in [7, 11) is 1.45. The predicted molar refractivity (Wildman–Crippen MR) is 54.2 cm³/mol. The van der Waals surface area contributed by atoms with E-state index in [-0.39, 0.29) is 0 Å². The summed E-state index contributed by atoms with van der Waals surface area (Å²) in [6, 6.07) is 7.43. The maximum Gasteiger partial charge on any atom is 0.236 e. The van der Waals surface area contributed by atoms with Crippen molar-refractivity contribution in [2.24, 2.45) is 4.99 Å². The second-order valence-corrected chi connectivity index (χ2v) is 2.82. The van der Waals surface area contributed by atoms with E-state index < -0.39 is 6.04 Å². The van der Waals surface area contributed by atoms with E-state index in [0.717, 1.165) is 0 Å². The van der Waals surface area contributed by atoms with Crippen LogP contribution in [-0.2, 0) is 4.79 Å². The van der Waals surface area contributed by atoms with Gasteiger partial charge in [0, 0.05) is 0 Å². The Balaban J connectivity index is 3.23. The average Bonchev–Trinajstić information content (AvgIpc) is 2.35. The zero-order valence-corrected chi connectivity index (χ0v) is 8.47. The number of hydrogen-bond acceptors (Lipinski definition) is 5. The molecule has 0 saturated heterocycles. The maximum atomic E-state index is 10.1. The quantitative estimate of drug-likeness (QED) is 0.561. The Morgan fingerprint density at radius 3 is 2.69 bits per heavy atom. The van der Waals surface area contributed by atoms with E-state index in [1.807, 2.05) is 12.1 Å². The number of methoxy groups -OCH3 is 1. The van der Waals surface area contributed by atoms with Gasteiger partial charge in [-0.3, -0.25) is 0 Å². The first-order valence-electron chi connectivity index (χ1n) is 4.31. The van der Waals surface area contributed by atoms with Crippen molar-refractivity contribution in [3.05, 3.63) is 29.3 Å². The second kappa shape index (κ2) is 5.31. The maximum absolute atomic E-state index is 10.1. The van der Waals surface area contributed by atoms with Gasteiger partial charge in [0.1, 0.15) is 11.8 Å². The van der Waals surface area contributed by atoms with Crippen LogP contribution in [0.4, 0.5) is 0 Å². The molecule has 5 nitrogen and oxygen atoms in total. The average molecular weight is 213 g/mol. The lowest BCUT2D eigenvalue weighted by Gasteiger charge is -2.06. The molecule has 78 valence electrons. The number of nitrogens with zero attached hydrogens (tertiary/aromatic N) is 3. The zero-order valence-electron chi connectivity index (χ0n) is 8.47. The molecule has 0 bridgehead atoms. The van der Waals surface area contributed by atoms with E-state index in [4.69, 9.17) is 15.3 Å². The Bertz CT molecular complexity index is 519. The number of aliphatic imine (C=N–C) groups is 1. The molecule has 1 unspecified atom stereocenters. The number of carbonyl (C=O) groups excluding carboxylic acids is 1. The lowest BCUT2D eigenvalue weighted by atomic mass is 10.1. The Hall–Kier alpha value is -2.62. The molecule has 1 aromatic rings. The molecular weight excluding hydrogens is 206 g/mol. The third-order valence-corrected chi connectivity index (χ3v) is 1.96. The molecule has 1 atom stereocenters. The SMILES string of the molecule is COc1ccc(C(C#N)N=C=O)cc1C#N. The van der Waals surface area contributed by atoms with Crippen LogP contribution in [0.2, 0.25) is 0 Å². The molecule has 0 heterocycles. The molecule has 0 spiro atoms. The monoisotopic (exact) mass is 213 g/mol. The van der Waals surface area contributed by atoms with Gasteiger partial charge in [-0.1, -0.05) is 6.07 Å². The smallest absolute Gasteiger partial charge is 0.236 e. The van der Waals surface area contributed by atoms with Crippen molar-refractivity contribution in [2.75, 3.05) is 7.11 Å². The Morgan fingerprint density at radius 2 is 2.19 bits per heavy atom. The predicted octanol–water partition coefficient (Wildman–Crippen LogP) is 1.47.